The first-order valence-electron chi connectivity index (χ1n) is 12.3. The van der Waals surface area contributed by atoms with Gasteiger partial charge in [-0.15, -0.1) is 0 Å². The molecule has 182 valence electrons. The minimum atomic E-state index is 0.269. The van der Waals surface area contributed by atoms with E-state index in [0.717, 1.165) is 24.3 Å². The summed E-state index contributed by atoms with van der Waals surface area (Å²) in [5, 5.41) is 19.6. The van der Waals surface area contributed by atoms with Crippen LogP contribution < -0.4 is 0 Å². The molecule has 0 aliphatic rings. The van der Waals surface area contributed by atoms with E-state index in [1.54, 1.807) is 24.3 Å². The number of ether oxygens (including phenoxy) is 1. The Morgan fingerprint density at radius 1 is 0.818 bits per heavy atom. The third-order valence-electron chi connectivity index (χ3n) is 5.60. The van der Waals surface area contributed by atoms with Gasteiger partial charge in [-0.25, -0.2) is 0 Å². The van der Waals surface area contributed by atoms with Crippen LogP contribution in [-0.2, 0) is 11.3 Å². The molecule has 0 heterocycles. The Morgan fingerprint density at radius 2 is 1.39 bits per heavy atom. The minimum absolute atomic E-state index is 0.269. The van der Waals surface area contributed by atoms with Crippen molar-refractivity contribution in [2.75, 3.05) is 27.4 Å². The van der Waals surface area contributed by atoms with Crippen LogP contribution in [0, 0.1) is 0 Å². The fourth-order valence-electron chi connectivity index (χ4n) is 3.72. The van der Waals surface area contributed by atoms with E-state index < -0.39 is 0 Å². The van der Waals surface area contributed by atoms with E-state index in [9.17, 15) is 5.11 Å². The van der Waals surface area contributed by atoms with Gasteiger partial charge < -0.3 is 14.3 Å². The lowest BCUT2D eigenvalue weighted by atomic mass is 10.1. The van der Waals surface area contributed by atoms with E-state index in [4.69, 9.17) is 16.3 Å². The molecule has 0 saturated carbocycles. The fourth-order valence-corrected chi connectivity index (χ4v) is 3.84. The monoisotopic (exact) mass is 474 g/mol. The predicted octanol–water partition coefficient (Wildman–Crippen LogP) is 8.54. The molecule has 0 aliphatic carbocycles. The summed E-state index contributed by atoms with van der Waals surface area (Å²) in [7, 11) is 4.22. The summed E-state index contributed by atoms with van der Waals surface area (Å²) in [6.07, 6.45) is 11.8. The van der Waals surface area contributed by atoms with Gasteiger partial charge >= 0.3 is 0 Å². The summed E-state index contributed by atoms with van der Waals surface area (Å²) >= 11 is 5.91. The maximum atomic E-state index is 10.3. The van der Waals surface area contributed by atoms with E-state index in [1.165, 1.54) is 51.4 Å². The average molecular weight is 475 g/mol. The van der Waals surface area contributed by atoms with Crippen LogP contribution in [0.2, 0.25) is 5.02 Å². The van der Waals surface area contributed by atoms with Gasteiger partial charge in [-0.2, -0.15) is 10.2 Å². The molecule has 0 saturated heterocycles. The third-order valence-corrected chi connectivity index (χ3v) is 5.85. The Hall–Kier alpha value is -1.95. The number of quaternary nitrogens is 1. The van der Waals surface area contributed by atoms with Gasteiger partial charge in [0.05, 0.1) is 37.6 Å². The van der Waals surface area contributed by atoms with Gasteiger partial charge in [0.2, 0.25) is 0 Å². The van der Waals surface area contributed by atoms with Crippen LogP contribution in [0.25, 0.3) is 0 Å². The zero-order chi connectivity index (χ0) is 23.9. The fraction of sp³-hybridized carbons (Fsp3) is 0.556. The van der Waals surface area contributed by atoms with E-state index in [0.29, 0.717) is 28.5 Å². The Labute approximate surface area is 205 Å². The topological polar surface area (TPSA) is 54.2 Å². The molecular formula is C27H41ClN3O2+. The Kier molecular flexibility index (Phi) is 12.4. The lowest BCUT2D eigenvalue weighted by Crippen LogP contribution is -2.40. The number of unbranched alkanes of at least 4 members (excludes halogenated alkanes) is 8. The van der Waals surface area contributed by atoms with E-state index in [2.05, 4.69) is 31.2 Å². The molecule has 0 aromatic heterocycles. The number of nitrogens with zero attached hydrogens (tertiary/aromatic N) is 3. The molecule has 0 fully saturated rings. The summed E-state index contributed by atoms with van der Waals surface area (Å²) in [6.45, 7) is 4.30. The second kappa shape index (κ2) is 15.0. The van der Waals surface area contributed by atoms with Gasteiger partial charge in [0, 0.05) is 5.02 Å². The largest absolute Gasteiger partial charge is 0.507 e. The van der Waals surface area contributed by atoms with Crippen LogP contribution in [0.15, 0.2) is 52.7 Å². The maximum Gasteiger partial charge on any atom is 0.182 e. The number of aromatic hydroxyl groups is 1. The van der Waals surface area contributed by atoms with Crippen molar-refractivity contribution in [2.45, 2.75) is 71.3 Å². The van der Waals surface area contributed by atoms with Crippen molar-refractivity contribution in [1.29, 1.82) is 0 Å². The number of phenolic OH excluding ortho intramolecular Hbond substituents is 1. The lowest BCUT2D eigenvalue weighted by Gasteiger charge is -2.29. The van der Waals surface area contributed by atoms with Crippen LogP contribution in [-0.4, -0.2) is 37.0 Å². The first kappa shape index (κ1) is 27.3. The number of azo groups is 1. The first-order valence-corrected chi connectivity index (χ1v) is 12.7. The molecule has 2 rings (SSSR count). The predicted molar refractivity (Wildman–Crippen MR) is 138 cm³/mol. The molecule has 0 unspecified atom stereocenters. The number of phenols is 1. The number of hydrogen-bond acceptors (Lipinski definition) is 4. The standard InChI is InChI=1S/C27H40ClN3O2/c1-4-5-6-7-8-9-10-11-12-19-33-22-31(2,3)21-23-20-26(17-18-27(23)32)30-29-25-15-13-24(28)14-16-25/h13-18,20H,4-12,19,21-22H2,1-3H3/p+1. The molecule has 2 aromatic rings. The van der Waals surface area contributed by atoms with Crippen molar-refractivity contribution in [1.82, 2.24) is 0 Å². The normalized spacial score (nSPS) is 12.0. The van der Waals surface area contributed by atoms with Crippen molar-refractivity contribution in [2.24, 2.45) is 10.2 Å². The van der Waals surface area contributed by atoms with Crippen LogP contribution in [0.3, 0.4) is 0 Å². The SMILES string of the molecule is CCCCCCCCCCCOC[N+](C)(C)Cc1cc(N=Nc2ccc(Cl)cc2)ccc1O. The molecule has 5 nitrogen and oxygen atoms in total. The summed E-state index contributed by atoms with van der Waals surface area (Å²) in [6, 6.07) is 12.5. The molecule has 0 atom stereocenters. The molecule has 2 aromatic carbocycles. The number of hydrogen-bond donors (Lipinski definition) is 1. The third kappa shape index (κ3) is 11.6. The Morgan fingerprint density at radius 3 is 2.06 bits per heavy atom. The number of halogens is 1. The van der Waals surface area contributed by atoms with Crippen molar-refractivity contribution >= 4 is 23.0 Å². The molecule has 1 N–H and O–H groups in total. The van der Waals surface area contributed by atoms with Crippen LogP contribution in [0.5, 0.6) is 5.75 Å². The maximum absolute atomic E-state index is 10.3. The van der Waals surface area contributed by atoms with Gasteiger partial charge in [-0.1, -0.05) is 69.9 Å². The Bertz CT molecular complexity index is 838. The average Bonchev–Trinajstić information content (AvgIpc) is 2.79. The van der Waals surface area contributed by atoms with E-state index in [-0.39, 0.29) is 5.75 Å². The van der Waals surface area contributed by atoms with Crippen molar-refractivity contribution < 1.29 is 14.3 Å². The zero-order valence-electron chi connectivity index (χ0n) is 20.6. The smallest absolute Gasteiger partial charge is 0.182 e. The van der Waals surface area contributed by atoms with Gasteiger partial charge in [-0.3, -0.25) is 0 Å². The lowest BCUT2D eigenvalue weighted by molar-refractivity contribution is -0.922. The molecular weight excluding hydrogens is 434 g/mol. The van der Waals surface area contributed by atoms with E-state index >= 15 is 0 Å². The molecule has 0 radical (unpaired) electrons. The van der Waals surface area contributed by atoms with Crippen LogP contribution >= 0.6 is 11.6 Å². The highest BCUT2D eigenvalue weighted by molar-refractivity contribution is 6.30. The van der Waals surface area contributed by atoms with Crippen molar-refractivity contribution in [3.8, 4) is 5.75 Å². The first-order chi connectivity index (χ1) is 15.9. The van der Waals surface area contributed by atoms with Gasteiger partial charge in [0.15, 0.2) is 6.73 Å². The molecule has 0 amide bonds. The number of rotatable bonds is 16. The van der Waals surface area contributed by atoms with Crippen molar-refractivity contribution in [3.63, 3.8) is 0 Å². The van der Waals surface area contributed by atoms with E-state index in [1.807, 2.05) is 18.2 Å². The second-order valence-corrected chi connectivity index (χ2v) is 9.89. The molecule has 0 aliphatic heterocycles. The highest BCUT2D eigenvalue weighted by atomic mass is 35.5. The minimum Gasteiger partial charge on any atom is -0.507 e. The summed E-state index contributed by atoms with van der Waals surface area (Å²) in [5.41, 5.74) is 2.27. The second-order valence-electron chi connectivity index (χ2n) is 9.45. The highest BCUT2D eigenvalue weighted by Gasteiger charge is 2.18. The zero-order valence-corrected chi connectivity index (χ0v) is 21.4. The molecule has 0 bridgehead atoms. The van der Waals surface area contributed by atoms with Crippen molar-refractivity contribution in [3.05, 3.63) is 53.1 Å². The summed E-state index contributed by atoms with van der Waals surface area (Å²) in [4.78, 5) is 0. The quantitative estimate of drug-likeness (QED) is 0.115. The van der Waals surface area contributed by atoms with Gasteiger partial charge in [0.1, 0.15) is 12.3 Å². The summed E-state index contributed by atoms with van der Waals surface area (Å²) in [5.74, 6) is 0.269. The Balaban J connectivity index is 1.72. The van der Waals surface area contributed by atoms with Crippen LogP contribution in [0.4, 0.5) is 11.4 Å². The van der Waals surface area contributed by atoms with Gasteiger partial charge in [-0.05, 0) is 48.9 Å². The number of benzene rings is 2. The summed E-state index contributed by atoms with van der Waals surface area (Å²) < 4.78 is 6.58. The highest BCUT2D eigenvalue weighted by Crippen LogP contribution is 2.27. The van der Waals surface area contributed by atoms with Crippen LogP contribution in [0.1, 0.15) is 70.3 Å². The van der Waals surface area contributed by atoms with Gasteiger partial charge in [0.25, 0.3) is 0 Å². The molecule has 33 heavy (non-hydrogen) atoms. The molecule has 0 spiro atoms. The molecule has 6 heteroatoms.